The van der Waals surface area contributed by atoms with E-state index in [1.165, 1.54) is 0 Å². The SMILES string of the molecule is CCOc1ccc(C(=O)NCC(=O)Nc2ccc(-c3n[nH]c4c3COCC4)cc2)cc1OCC. The van der Waals surface area contributed by atoms with Crippen LogP contribution in [0.1, 0.15) is 35.5 Å². The maximum Gasteiger partial charge on any atom is 0.251 e. The molecular weight excluding hydrogens is 436 g/mol. The van der Waals surface area contributed by atoms with Crippen LogP contribution < -0.4 is 20.1 Å². The number of carbonyl (C=O) groups is 2. The number of nitrogens with zero attached hydrogens (tertiary/aromatic N) is 1. The van der Waals surface area contributed by atoms with Gasteiger partial charge in [0.25, 0.3) is 5.91 Å². The Labute approximate surface area is 197 Å². The van der Waals surface area contributed by atoms with Crippen molar-refractivity contribution in [1.29, 1.82) is 0 Å². The summed E-state index contributed by atoms with van der Waals surface area (Å²) in [4.78, 5) is 24.9. The van der Waals surface area contributed by atoms with Crippen LogP contribution in [0.25, 0.3) is 11.3 Å². The van der Waals surface area contributed by atoms with E-state index >= 15 is 0 Å². The fraction of sp³-hybridized carbons (Fsp3) is 0.320. The third-order valence-corrected chi connectivity index (χ3v) is 5.35. The zero-order valence-electron chi connectivity index (χ0n) is 19.3. The minimum atomic E-state index is -0.375. The molecular formula is C25H28N4O5. The van der Waals surface area contributed by atoms with Gasteiger partial charge in [0.1, 0.15) is 0 Å². The van der Waals surface area contributed by atoms with Crippen molar-refractivity contribution in [2.24, 2.45) is 0 Å². The summed E-state index contributed by atoms with van der Waals surface area (Å²) in [6.07, 6.45) is 0.825. The van der Waals surface area contributed by atoms with Gasteiger partial charge < -0.3 is 24.8 Å². The number of amides is 2. The van der Waals surface area contributed by atoms with Crippen molar-refractivity contribution in [2.45, 2.75) is 26.9 Å². The third-order valence-electron chi connectivity index (χ3n) is 5.35. The van der Waals surface area contributed by atoms with Crippen LogP contribution >= 0.6 is 0 Å². The van der Waals surface area contributed by atoms with Crippen LogP contribution in [-0.4, -0.2) is 48.4 Å². The summed E-state index contributed by atoms with van der Waals surface area (Å²) in [7, 11) is 0. The molecule has 2 aromatic carbocycles. The van der Waals surface area contributed by atoms with Crippen molar-refractivity contribution in [3.63, 3.8) is 0 Å². The highest BCUT2D eigenvalue weighted by atomic mass is 16.5. The lowest BCUT2D eigenvalue weighted by atomic mass is 10.0. The Bertz CT molecular complexity index is 1160. The molecule has 0 saturated heterocycles. The van der Waals surface area contributed by atoms with Gasteiger partial charge in [-0.1, -0.05) is 12.1 Å². The van der Waals surface area contributed by atoms with Crippen molar-refractivity contribution >= 4 is 17.5 Å². The number of hydrogen-bond donors (Lipinski definition) is 3. The molecule has 0 radical (unpaired) electrons. The Morgan fingerprint density at radius 2 is 1.82 bits per heavy atom. The number of rotatable bonds is 9. The zero-order chi connectivity index (χ0) is 23.9. The standard InChI is InChI=1S/C25H28N4O5/c1-3-33-21-10-7-17(13-22(21)34-4-2)25(31)26-14-23(30)27-18-8-5-16(6-9-18)24-19-15-32-12-11-20(19)28-29-24/h5-10,13H,3-4,11-12,14-15H2,1-2H3,(H,26,31)(H,27,30)(H,28,29). The number of H-pyrrole nitrogens is 1. The first-order chi connectivity index (χ1) is 16.6. The van der Waals surface area contributed by atoms with E-state index in [4.69, 9.17) is 14.2 Å². The smallest absolute Gasteiger partial charge is 0.251 e. The fourth-order valence-electron chi connectivity index (χ4n) is 3.72. The molecule has 1 aromatic heterocycles. The Morgan fingerprint density at radius 1 is 1.06 bits per heavy atom. The van der Waals surface area contributed by atoms with Gasteiger partial charge in [0, 0.05) is 34.5 Å². The van der Waals surface area contributed by atoms with Crippen LogP contribution in [0.4, 0.5) is 5.69 Å². The van der Waals surface area contributed by atoms with Gasteiger partial charge in [-0.25, -0.2) is 0 Å². The number of ether oxygens (including phenoxy) is 3. The minimum Gasteiger partial charge on any atom is -0.490 e. The molecule has 0 bridgehead atoms. The molecule has 0 atom stereocenters. The van der Waals surface area contributed by atoms with E-state index in [1.54, 1.807) is 30.3 Å². The Kier molecular flexibility index (Phi) is 7.44. The summed E-state index contributed by atoms with van der Waals surface area (Å²) >= 11 is 0. The van der Waals surface area contributed by atoms with E-state index in [0.717, 1.165) is 28.9 Å². The average molecular weight is 465 g/mol. The van der Waals surface area contributed by atoms with Crippen LogP contribution in [0.2, 0.25) is 0 Å². The number of fused-ring (bicyclic) bond motifs is 1. The van der Waals surface area contributed by atoms with Crippen LogP contribution in [0, 0.1) is 0 Å². The lowest BCUT2D eigenvalue weighted by Crippen LogP contribution is -2.32. The number of nitrogens with one attached hydrogen (secondary N) is 3. The van der Waals surface area contributed by atoms with E-state index in [9.17, 15) is 9.59 Å². The highest BCUT2D eigenvalue weighted by Gasteiger charge is 2.18. The number of aromatic nitrogens is 2. The second-order valence-electron chi connectivity index (χ2n) is 7.67. The van der Waals surface area contributed by atoms with Gasteiger partial charge >= 0.3 is 0 Å². The van der Waals surface area contributed by atoms with Gasteiger partial charge in [0.2, 0.25) is 5.91 Å². The molecule has 3 N–H and O–H groups in total. The quantitative estimate of drug-likeness (QED) is 0.448. The number of benzene rings is 2. The van der Waals surface area contributed by atoms with Crippen LogP contribution in [0.3, 0.4) is 0 Å². The van der Waals surface area contributed by atoms with Gasteiger partial charge in [-0.05, 0) is 44.2 Å². The molecule has 0 aliphatic carbocycles. The van der Waals surface area contributed by atoms with Crippen molar-refractivity contribution in [3.8, 4) is 22.8 Å². The molecule has 1 aliphatic heterocycles. The molecule has 0 unspecified atom stereocenters. The molecule has 0 saturated carbocycles. The molecule has 2 heterocycles. The molecule has 34 heavy (non-hydrogen) atoms. The monoisotopic (exact) mass is 464 g/mol. The molecule has 0 fully saturated rings. The molecule has 0 spiro atoms. The number of anilines is 1. The van der Waals surface area contributed by atoms with Crippen molar-refractivity contribution in [1.82, 2.24) is 15.5 Å². The topological polar surface area (TPSA) is 115 Å². The zero-order valence-corrected chi connectivity index (χ0v) is 19.3. The van der Waals surface area contributed by atoms with Crippen molar-refractivity contribution < 1.29 is 23.8 Å². The number of hydrogen-bond acceptors (Lipinski definition) is 6. The minimum absolute atomic E-state index is 0.165. The maximum atomic E-state index is 12.5. The number of carbonyl (C=O) groups excluding carboxylic acids is 2. The molecule has 1 aliphatic rings. The Morgan fingerprint density at radius 3 is 2.59 bits per heavy atom. The van der Waals surface area contributed by atoms with Crippen LogP contribution in [0.5, 0.6) is 11.5 Å². The third kappa shape index (κ3) is 5.37. The summed E-state index contributed by atoms with van der Waals surface area (Å²) < 4.78 is 16.6. The molecule has 178 valence electrons. The van der Waals surface area contributed by atoms with Gasteiger partial charge in [0.05, 0.1) is 38.7 Å². The summed E-state index contributed by atoms with van der Waals surface area (Å²) in [5, 5.41) is 12.9. The lowest BCUT2D eigenvalue weighted by Gasteiger charge is -2.13. The van der Waals surface area contributed by atoms with Gasteiger partial charge in [-0.3, -0.25) is 14.7 Å². The molecule has 4 rings (SSSR count). The first-order valence-electron chi connectivity index (χ1n) is 11.3. The predicted octanol–water partition coefficient (Wildman–Crippen LogP) is 3.32. The average Bonchev–Trinajstić information content (AvgIpc) is 3.29. The lowest BCUT2D eigenvalue weighted by molar-refractivity contribution is -0.115. The first kappa shape index (κ1) is 23.3. The normalized spacial score (nSPS) is 12.5. The molecule has 9 nitrogen and oxygen atoms in total. The highest BCUT2D eigenvalue weighted by molar-refractivity contribution is 5.99. The number of aromatic amines is 1. The summed E-state index contributed by atoms with van der Waals surface area (Å²) in [5.74, 6) is 0.360. The molecule has 9 heteroatoms. The molecule has 2 amide bonds. The second-order valence-corrected chi connectivity index (χ2v) is 7.67. The Hall–Kier alpha value is -3.85. The van der Waals surface area contributed by atoms with E-state index < -0.39 is 0 Å². The van der Waals surface area contributed by atoms with Crippen molar-refractivity contribution in [2.75, 3.05) is 31.7 Å². The summed E-state index contributed by atoms with van der Waals surface area (Å²) in [6.45, 7) is 5.75. The van der Waals surface area contributed by atoms with Gasteiger partial charge in [-0.2, -0.15) is 5.10 Å². The first-order valence-corrected chi connectivity index (χ1v) is 11.3. The largest absolute Gasteiger partial charge is 0.490 e. The maximum absolute atomic E-state index is 12.5. The highest BCUT2D eigenvalue weighted by Crippen LogP contribution is 2.29. The Balaban J connectivity index is 1.33. The van der Waals surface area contributed by atoms with E-state index in [2.05, 4.69) is 20.8 Å². The van der Waals surface area contributed by atoms with Gasteiger partial charge in [-0.15, -0.1) is 0 Å². The van der Waals surface area contributed by atoms with E-state index in [0.29, 0.717) is 49.2 Å². The predicted molar refractivity (Wildman–Crippen MR) is 127 cm³/mol. The van der Waals surface area contributed by atoms with Crippen LogP contribution in [-0.2, 0) is 22.6 Å². The second kappa shape index (κ2) is 10.8. The summed E-state index contributed by atoms with van der Waals surface area (Å²) in [5.41, 5.74) is 5.00. The van der Waals surface area contributed by atoms with E-state index in [1.807, 2.05) is 26.0 Å². The van der Waals surface area contributed by atoms with Crippen molar-refractivity contribution in [3.05, 3.63) is 59.3 Å². The van der Waals surface area contributed by atoms with Crippen LogP contribution in [0.15, 0.2) is 42.5 Å². The van der Waals surface area contributed by atoms with E-state index in [-0.39, 0.29) is 18.4 Å². The fourth-order valence-corrected chi connectivity index (χ4v) is 3.72. The van der Waals surface area contributed by atoms with Gasteiger partial charge in [0.15, 0.2) is 11.5 Å². The molecule has 3 aromatic rings. The summed E-state index contributed by atoms with van der Waals surface area (Å²) in [6, 6.07) is 12.3.